The zero-order chi connectivity index (χ0) is 29.5. The van der Waals surface area contributed by atoms with Crippen LogP contribution >= 0.6 is 0 Å². The molecule has 0 aliphatic heterocycles. The first kappa shape index (κ1) is 31.4. The number of non-ortho nitro benzene ring substituents is 1. The molecule has 1 unspecified atom stereocenters. The lowest BCUT2D eigenvalue weighted by molar-refractivity contribution is -0.384. The quantitative estimate of drug-likeness (QED) is 0.192. The topological polar surface area (TPSA) is 163 Å². The Kier molecular flexibility index (Phi) is 12.8. The minimum absolute atomic E-state index is 0.0731. The molecule has 0 saturated heterocycles. The molecule has 0 aromatic heterocycles. The van der Waals surface area contributed by atoms with E-state index >= 15 is 0 Å². The van der Waals surface area contributed by atoms with Crippen LogP contribution in [0, 0.1) is 16.0 Å². The molecule has 40 heavy (non-hydrogen) atoms. The highest BCUT2D eigenvalue weighted by atomic mass is 16.6. The molecule has 3 rings (SSSR count). The van der Waals surface area contributed by atoms with Crippen molar-refractivity contribution in [1.29, 1.82) is 0 Å². The van der Waals surface area contributed by atoms with E-state index in [1.54, 1.807) is 13.8 Å². The Hall–Kier alpha value is -4.77. The van der Waals surface area contributed by atoms with Crippen molar-refractivity contribution in [2.75, 3.05) is 12.4 Å². The third kappa shape index (κ3) is 10.9. The Balaban J connectivity index is 0.000000360. The Morgan fingerprint density at radius 2 is 1.45 bits per heavy atom. The summed E-state index contributed by atoms with van der Waals surface area (Å²) in [6.07, 6.45) is -0.176. The van der Waals surface area contributed by atoms with Crippen LogP contribution in [0.15, 0.2) is 84.9 Å². The Bertz CT molecular complexity index is 1240. The van der Waals surface area contributed by atoms with E-state index in [4.69, 9.17) is 10.5 Å². The first-order valence-corrected chi connectivity index (χ1v) is 12.5. The van der Waals surface area contributed by atoms with Crippen LogP contribution < -0.4 is 16.4 Å². The number of benzene rings is 3. The summed E-state index contributed by atoms with van der Waals surface area (Å²) in [5.41, 5.74) is 7.79. The maximum atomic E-state index is 12.5. The Labute approximate surface area is 232 Å². The van der Waals surface area contributed by atoms with E-state index < -0.39 is 29.0 Å². The van der Waals surface area contributed by atoms with Gasteiger partial charge in [0.15, 0.2) is 0 Å². The van der Waals surface area contributed by atoms with Gasteiger partial charge in [0.1, 0.15) is 18.7 Å². The molecule has 3 aromatic rings. The van der Waals surface area contributed by atoms with Gasteiger partial charge in [0, 0.05) is 17.8 Å². The number of nitrogens with zero attached hydrogens (tertiary/aromatic N) is 1. The van der Waals surface area contributed by atoms with Crippen molar-refractivity contribution in [1.82, 2.24) is 5.32 Å². The van der Waals surface area contributed by atoms with Gasteiger partial charge in [0.2, 0.25) is 5.91 Å². The van der Waals surface area contributed by atoms with Crippen LogP contribution in [0.3, 0.4) is 0 Å². The van der Waals surface area contributed by atoms with E-state index in [9.17, 15) is 24.5 Å². The van der Waals surface area contributed by atoms with Crippen LogP contribution in [-0.4, -0.2) is 42.1 Å². The molecule has 11 nitrogen and oxygen atoms in total. The molecule has 0 aliphatic carbocycles. The second kappa shape index (κ2) is 16.2. The summed E-state index contributed by atoms with van der Waals surface area (Å²) in [5, 5.41) is 15.9. The number of carbonyl (C=O) groups excluding carboxylic acids is 3. The molecule has 4 N–H and O–H groups in total. The molecule has 0 heterocycles. The van der Waals surface area contributed by atoms with E-state index in [0.29, 0.717) is 12.1 Å². The molecule has 212 valence electrons. The van der Waals surface area contributed by atoms with Gasteiger partial charge >= 0.3 is 12.1 Å². The number of carbonyl (C=O) groups is 3. The number of nitro groups is 1. The number of alkyl carbamates (subject to hydrolysis) is 1. The van der Waals surface area contributed by atoms with Crippen molar-refractivity contribution in [3.8, 4) is 0 Å². The van der Waals surface area contributed by atoms with Gasteiger partial charge in [-0.2, -0.15) is 0 Å². The van der Waals surface area contributed by atoms with Crippen LogP contribution in [0.2, 0.25) is 0 Å². The number of nitro benzene ring substituents is 1. The lowest BCUT2D eigenvalue weighted by atomic mass is 10.0. The van der Waals surface area contributed by atoms with Gasteiger partial charge in [-0.25, -0.2) is 4.79 Å². The minimum Gasteiger partial charge on any atom is -0.468 e. The molecule has 0 radical (unpaired) electrons. The van der Waals surface area contributed by atoms with Crippen molar-refractivity contribution >= 4 is 29.3 Å². The Morgan fingerprint density at radius 1 is 0.900 bits per heavy atom. The number of ether oxygens (including phenoxy) is 2. The number of esters is 1. The molecule has 0 fully saturated rings. The summed E-state index contributed by atoms with van der Waals surface area (Å²) in [6, 6.07) is 22.9. The normalized spacial score (nSPS) is 11.7. The fourth-order valence-electron chi connectivity index (χ4n) is 3.42. The van der Waals surface area contributed by atoms with Crippen molar-refractivity contribution in [3.05, 3.63) is 106 Å². The fourth-order valence-corrected chi connectivity index (χ4v) is 3.42. The van der Waals surface area contributed by atoms with E-state index in [1.807, 2.05) is 60.7 Å². The predicted octanol–water partition coefficient (Wildman–Crippen LogP) is 4.21. The molecule has 11 heteroatoms. The maximum Gasteiger partial charge on any atom is 0.408 e. The lowest BCUT2D eigenvalue weighted by Gasteiger charge is -2.21. The zero-order valence-corrected chi connectivity index (χ0v) is 22.6. The van der Waals surface area contributed by atoms with Gasteiger partial charge in [-0.1, -0.05) is 74.5 Å². The van der Waals surface area contributed by atoms with Crippen molar-refractivity contribution < 1.29 is 28.8 Å². The summed E-state index contributed by atoms with van der Waals surface area (Å²) in [4.78, 5) is 45.6. The number of anilines is 1. The van der Waals surface area contributed by atoms with Gasteiger partial charge in [-0.05, 0) is 35.6 Å². The average molecular weight is 551 g/mol. The molecule has 0 aliphatic rings. The number of nitrogens with one attached hydrogen (secondary N) is 2. The van der Waals surface area contributed by atoms with Gasteiger partial charge in [0.05, 0.1) is 12.0 Å². The standard InChI is InChI=1S/C19H21N3O5.C10H13NO2/c1-13(2)17(21-19(24)27-12-14-6-4-3-5-7-14)18(23)20-15-8-10-16(11-9-15)22(25)26;1-13-10(12)9(11)7-8-5-3-2-4-6-8/h3-11,13,17H,12H2,1-2H3,(H,20,23)(H,21,24);2-6,9H,7,11H2,1H3/t17-;/m0./s1. The second-order valence-corrected chi connectivity index (χ2v) is 9.04. The molecule has 3 aromatic carbocycles. The minimum atomic E-state index is -0.816. The number of hydrogen-bond acceptors (Lipinski definition) is 8. The van der Waals surface area contributed by atoms with Crippen molar-refractivity contribution in [2.45, 2.75) is 39.0 Å². The van der Waals surface area contributed by atoms with Crippen LogP contribution in [0.1, 0.15) is 25.0 Å². The molecule has 0 spiro atoms. The highest BCUT2D eigenvalue weighted by Crippen LogP contribution is 2.16. The summed E-state index contributed by atoms with van der Waals surface area (Å²) >= 11 is 0. The Morgan fingerprint density at radius 3 is 1.95 bits per heavy atom. The van der Waals surface area contributed by atoms with Crippen LogP contribution in [0.5, 0.6) is 0 Å². The summed E-state index contributed by atoms with van der Waals surface area (Å²) in [6.45, 7) is 3.68. The number of methoxy groups -OCH3 is 1. The molecule has 0 bridgehead atoms. The monoisotopic (exact) mass is 550 g/mol. The van der Waals surface area contributed by atoms with Crippen molar-refractivity contribution in [2.24, 2.45) is 11.7 Å². The van der Waals surface area contributed by atoms with Gasteiger partial charge in [-0.3, -0.25) is 19.7 Å². The third-order valence-electron chi connectivity index (χ3n) is 5.58. The van der Waals surface area contributed by atoms with Crippen LogP contribution in [0.25, 0.3) is 0 Å². The number of hydrogen-bond donors (Lipinski definition) is 3. The summed E-state index contributed by atoms with van der Waals surface area (Å²) < 4.78 is 9.67. The van der Waals surface area contributed by atoms with E-state index in [-0.39, 0.29) is 24.2 Å². The molecule has 0 saturated carbocycles. The number of amides is 2. The molecular formula is C29H34N4O7. The lowest BCUT2D eigenvalue weighted by Crippen LogP contribution is -2.47. The SMILES string of the molecule is CC(C)[C@H](NC(=O)OCc1ccccc1)C(=O)Nc1ccc([N+](=O)[O-])cc1.COC(=O)C(N)Cc1ccccc1. The number of rotatable bonds is 10. The van der Waals surface area contributed by atoms with Crippen LogP contribution in [0.4, 0.5) is 16.2 Å². The number of nitrogens with two attached hydrogens (primary N) is 1. The third-order valence-corrected chi connectivity index (χ3v) is 5.58. The maximum absolute atomic E-state index is 12.5. The van der Waals surface area contributed by atoms with Gasteiger partial charge in [0.25, 0.3) is 5.69 Å². The first-order chi connectivity index (χ1) is 19.1. The smallest absolute Gasteiger partial charge is 0.408 e. The fraction of sp³-hybridized carbons (Fsp3) is 0.276. The zero-order valence-electron chi connectivity index (χ0n) is 22.6. The van der Waals surface area contributed by atoms with E-state index in [1.165, 1.54) is 31.4 Å². The summed E-state index contributed by atoms with van der Waals surface area (Å²) in [7, 11) is 1.34. The molecule has 2 atom stereocenters. The van der Waals surface area contributed by atoms with Crippen molar-refractivity contribution in [3.63, 3.8) is 0 Å². The van der Waals surface area contributed by atoms with Gasteiger partial charge < -0.3 is 25.8 Å². The molecular weight excluding hydrogens is 516 g/mol. The van der Waals surface area contributed by atoms with E-state index in [2.05, 4.69) is 15.4 Å². The summed E-state index contributed by atoms with van der Waals surface area (Å²) in [5.74, 6) is -0.994. The highest BCUT2D eigenvalue weighted by Gasteiger charge is 2.25. The largest absolute Gasteiger partial charge is 0.468 e. The molecule has 2 amide bonds. The van der Waals surface area contributed by atoms with Crippen LogP contribution in [-0.2, 0) is 32.1 Å². The predicted molar refractivity (Wildman–Crippen MR) is 150 cm³/mol. The highest BCUT2D eigenvalue weighted by molar-refractivity contribution is 5.96. The second-order valence-electron chi connectivity index (χ2n) is 9.04. The first-order valence-electron chi connectivity index (χ1n) is 12.5. The van der Waals surface area contributed by atoms with E-state index in [0.717, 1.165) is 11.1 Å². The van der Waals surface area contributed by atoms with Gasteiger partial charge in [-0.15, -0.1) is 0 Å². The average Bonchev–Trinajstić information content (AvgIpc) is 2.95.